The van der Waals surface area contributed by atoms with Crippen molar-refractivity contribution in [1.29, 1.82) is 0 Å². The molecule has 152 valence electrons. The summed E-state index contributed by atoms with van der Waals surface area (Å²) in [6, 6.07) is 16.2. The predicted molar refractivity (Wildman–Crippen MR) is 113 cm³/mol. The molecular formula is C21H18N4O4S. The Labute approximate surface area is 176 Å². The Morgan fingerprint density at radius 1 is 1.17 bits per heavy atom. The van der Waals surface area contributed by atoms with Crippen LogP contribution >= 0.6 is 11.8 Å². The Morgan fingerprint density at radius 3 is 2.63 bits per heavy atom. The number of methoxy groups -OCH3 is 1. The fourth-order valence-electron chi connectivity index (χ4n) is 3.10. The minimum Gasteiger partial charge on any atom is -0.496 e. The van der Waals surface area contributed by atoms with Gasteiger partial charge in [0.25, 0.3) is 5.69 Å². The number of aromatic nitrogens is 3. The van der Waals surface area contributed by atoms with Crippen LogP contribution in [0.4, 0.5) is 5.69 Å². The lowest BCUT2D eigenvalue weighted by atomic mass is 10.2. The van der Waals surface area contributed by atoms with E-state index in [0.29, 0.717) is 28.0 Å². The van der Waals surface area contributed by atoms with E-state index in [1.807, 2.05) is 47.9 Å². The van der Waals surface area contributed by atoms with Gasteiger partial charge >= 0.3 is 0 Å². The van der Waals surface area contributed by atoms with Crippen LogP contribution in [0.15, 0.2) is 70.4 Å². The van der Waals surface area contributed by atoms with E-state index in [0.717, 1.165) is 17.0 Å². The van der Waals surface area contributed by atoms with Crippen molar-refractivity contribution in [3.8, 4) is 22.8 Å². The van der Waals surface area contributed by atoms with Gasteiger partial charge in [0.15, 0.2) is 11.0 Å². The first-order valence-corrected chi connectivity index (χ1v) is 10.1. The quantitative estimate of drug-likeness (QED) is 0.234. The molecule has 0 atom stereocenters. The van der Waals surface area contributed by atoms with Crippen LogP contribution in [-0.4, -0.2) is 26.8 Å². The molecule has 0 aliphatic heterocycles. The second-order valence-corrected chi connectivity index (χ2v) is 7.35. The van der Waals surface area contributed by atoms with Crippen molar-refractivity contribution >= 4 is 17.4 Å². The van der Waals surface area contributed by atoms with Gasteiger partial charge in [0.1, 0.15) is 11.5 Å². The second kappa shape index (κ2) is 8.42. The van der Waals surface area contributed by atoms with Crippen LogP contribution in [0.5, 0.6) is 5.75 Å². The normalized spacial score (nSPS) is 10.9. The number of rotatable bonds is 7. The zero-order valence-corrected chi connectivity index (χ0v) is 17.1. The molecule has 2 heterocycles. The summed E-state index contributed by atoms with van der Waals surface area (Å²) in [6.07, 6.45) is 1.62. The number of nitro groups is 1. The summed E-state index contributed by atoms with van der Waals surface area (Å²) in [5.41, 5.74) is 2.49. The van der Waals surface area contributed by atoms with E-state index in [2.05, 4.69) is 10.2 Å². The Kier molecular flexibility index (Phi) is 5.53. The van der Waals surface area contributed by atoms with Crippen molar-refractivity contribution in [3.05, 3.63) is 82.3 Å². The monoisotopic (exact) mass is 422 g/mol. The molecule has 0 bridgehead atoms. The largest absolute Gasteiger partial charge is 0.496 e. The van der Waals surface area contributed by atoms with Crippen molar-refractivity contribution in [2.45, 2.75) is 17.8 Å². The maximum absolute atomic E-state index is 11.2. The van der Waals surface area contributed by atoms with Gasteiger partial charge in [0, 0.05) is 29.1 Å². The van der Waals surface area contributed by atoms with Crippen LogP contribution < -0.4 is 4.74 Å². The van der Waals surface area contributed by atoms with Crippen LogP contribution in [0.25, 0.3) is 17.1 Å². The third-order valence-electron chi connectivity index (χ3n) is 4.58. The van der Waals surface area contributed by atoms with Crippen molar-refractivity contribution in [2.24, 2.45) is 0 Å². The molecule has 0 amide bonds. The lowest BCUT2D eigenvalue weighted by molar-refractivity contribution is -0.384. The molecule has 0 radical (unpaired) electrons. The number of non-ortho nitro benzene ring substituents is 1. The summed E-state index contributed by atoms with van der Waals surface area (Å²) < 4.78 is 12.8. The number of benzene rings is 2. The number of aryl methyl sites for hydroxylation is 1. The highest BCUT2D eigenvalue weighted by molar-refractivity contribution is 7.98. The molecule has 30 heavy (non-hydrogen) atoms. The minimum absolute atomic E-state index is 0.0191. The molecule has 9 heteroatoms. The van der Waals surface area contributed by atoms with E-state index in [9.17, 15) is 10.1 Å². The van der Waals surface area contributed by atoms with Crippen LogP contribution in [0.3, 0.4) is 0 Å². The van der Waals surface area contributed by atoms with Gasteiger partial charge in [-0.25, -0.2) is 0 Å². The molecule has 4 aromatic rings. The van der Waals surface area contributed by atoms with Crippen molar-refractivity contribution < 1.29 is 14.1 Å². The fraction of sp³-hybridized carbons (Fsp3) is 0.143. The zero-order chi connectivity index (χ0) is 21.1. The molecule has 0 N–H and O–H groups in total. The number of nitro benzene ring substituents is 1. The van der Waals surface area contributed by atoms with Crippen molar-refractivity contribution in [2.75, 3.05) is 7.11 Å². The van der Waals surface area contributed by atoms with E-state index in [4.69, 9.17) is 9.15 Å². The summed E-state index contributed by atoms with van der Waals surface area (Å²) in [7, 11) is 1.54. The minimum atomic E-state index is -0.417. The summed E-state index contributed by atoms with van der Waals surface area (Å²) in [5, 5.41) is 20.6. The number of nitrogens with zero attached hydrogens (tertiary/aromatic N) is 4. The van der Waals surface area contributed by atoms with Crippen molar-refractivity contribution in [3.63, 3.8) is 0 Å². The third-order valence-corrected chi connectivity index (χ3v) is 5.56. The fourth-order valence-corrected chi connectivity index (χ4v) is 4.03. The molecule has 4 rings (SSSR count). The summed E-state index contributed by atoms with van der Waals surface area (Å²) in [5.74, 6) is 2.43. The first-order valence-electron chi connectivity index (χ1n) is 9.08. The van der Waals surface area contributed by atoms with Gasteiger partial charge in [-0.1, -0.05) is 30.0 Å². The second-order valence-electron chi connectivity index (χ2n) is 6.41. The number of hydrogen-bond donors (Lipinski definition) is 0. The van der Waals surface area contributed by atoms with E-state index < -0.39 is 4.92 Å². The Morgan fingerprint density at radius 2 is 1.97 bits per heavy atom. The standard InChI is InChI=1S/C21H18N4O4S/c1-14-18(10-11-29-14)20-22-23-21(24(20)16-6-4-3-5-7-16)30-13-15-12-17(25(26)27)8-9-19(15)28-2/h3-12H,13H2,1-2H3. The Bertz CT molecular complexity index is 1190. The Balaban J connectivity index is 1.72. The van der Waals surface area contributed by atoms with Gasteiger partial charge in [0.05, 0.1) is 23.9 Å². The molecule has 0 unspecified atom stereocenters. The highest BCUT2D eigenvalue weighted by Crippen LogP contribution is 2.34. The first kappa shape index (κ1) is 19.7. The van der Waals surface area contributed by atoms with E-state index in [1.165, 1.54) is 23.9 Å². The summed E-state index contributed by atoms with van der Waals surface area (Å²) in [4.78, 5) is 10.7. The van der Waals surface area contributed by atoms with Gasteiger partial charge in [-0.15, -0.1) is 10.2 Å². The number of thioether (sulfide) groups is 1. The predicted octanol–water partition coefficient (Wildman–Crippen LogP) is 5.04. The molecular weight excluding hydrogens is 404 g/mol. The first-order chi connectivity index (χ1) is 14.6. The molecule has 2 aromatic heterocycles. The molecule has 0 saturated heterocycles. The SMILES string of the molecule is COc1ccc([N+](=O)[O-])cc1CSc1nnc(-c2ccoc2C)n1-c1ccccc1. The summed E-state index contributed by atoms with van der Waals surface area (Å²) >= 11 is 1.43. The highest BCUT2D eigenvalue weighted by atomic mass is 32.2. The topological polar surface area (TPSA) is 96.2 Å². The number of hydrogen-bond acceptors (Lipinski definition) is 7. The number of para-hydroxylation sites is 1. The van der Waals surface area contributed by atoms with Crippen LogP contribution in [-0.2, 0) is 5.75 Å². The van der Waals surface area contributed by atoms with E-state index >= 15 is 0 Å². The maximum Gasteiger partial charge on any atom is 0.270 e. The summed E-state index contributed by atoms with van der Waals surface area (Å²) in [6.45, 7) is 1.88. The molecule has 0 spiro atoms. The molecule has 0 aliphatic rings. The smallest absolute Gasteiger partial charge is 0.270 e. The average Bonchev–Trinajstić information content (AvgIpc) is 3.38. The van der Waals surface area contributed by atoms with E-state index in [1.54, 1.807) is 19.4 Å². The Hall–Kier alpha value is -3.59. The third kappa shape index (κ3) is 3.79. The van der Waals surface area contributed by atoms with Gasteiger partial charge in [-0.05, 0) is 31.2 Å². The molecule has 0 saturated carbocycles. The van der Waals surface area contributed by atoms with E-state index in [-0.39, 0.29) is 5.69 Å². The van der Waals surface area contributed by atoms with Gasteiger partial charge in [0.2, 0.25) is 0 Å². The lowest BCUT2D eigenvalue weighted by Crippen LogP contribution is -2.00. The van der Waals surface area contributed by atoms with Crippen LogP contribution in [0.1, 0.15) is 11.3 Å². The van der Waals surface area contributed by atoms with Gasteiger partial charge < -0.3 is 9.15 Å². The highest BCUT2D eigenvalue weighted by Gasteiger charge is 2.20. The maximum atomic E-state index is 11.2. The average molecular weight is 422 g/mol. The van der Waals surface area contributed by atoms with Crippen LogP contribution in [0, 0.1) is 17.0 Å². The van der Waals surface area contributed by atoms with Gasteiger partial charge in [-0.2, -0.15) is 0 Å². The molecule has 0 aliphatic carbocycles. The zero-order valence-electron chi connectivity index (χ0n) is 16.3. The van der Waals surface area contributed by atoms with Crippen molar-refractivity contribution in [1.82, 2.24) is 14.8 Å². The van der Waals surface area contributed by atoms with Gasteiger partial charge in [-0.3, -0.25) is 14.7 Å². The molecule has 2 aromatic carbocycles. The lowest BCUT2D eigenvalue weighted by Gasteiger charge is -2.11. The number of furan rings is 1. The van der Waals surface area contributed by atoms with Crippen LogP contribution in [0.2, 0.25) is 0 Å². The molecule has 0 fully saturated rings. The number of ether oxygens (including phenoxy) is 1. The molecule has 8 nitrogen and oxygen atoms in total.